The van der Waals surface area contributed by atoms with Crippen LogP contribution in [0.5, 0.6) is 5.75 Å². The molecule has 0 aliphatic carbocycles. The van der Waals surface area contributed by atoms with Crippen LogP contribution in [-0.4, -0.2) is 37.9 Å². The molecule has 3 rings (SSSR count). The maximum absolute atomic E-state index is 13.2. The molecule has 0 heterocycles. The molecule has 3 heteroatoms. The van der Waals surface area contributed by atoms with Crippen molar-refractivity contribution in [3.8, 4) is 5.75 Å². The molecule has 31 heavy (non-hydrogen) atoms. The van der Waals surface area contributed by atoms with Crippen molar-refractivity contribution in [3.05, 3.63) is 101 Å². The van der Waals surface area contributed by atoms with E-state index >= 15 is 0 Å². The van der Waals surface area contributed by atoms with Crippen molar-refractivity contribution in [2.45, 2.75) is 32.1 Å². The molecule has 0 aromatic heterocycles. The molecule has 0 N–H and O–H groups in total. The standard InChI is InChI=1S/C28H33NO2/c1-22-20-25(16-17-27(22)31-19-11-18-29(3)4)28(2,24-14-9-6-10-15-24)21-26(30)23-12-7-5-8-13-23/h5-10,12-17,20H,11,18-19,21H2,1-4H3. The van der Waals surface area contributed by atoms with Crippen molar-refractivity contribution in [2.24, 2.45) is 0 Å². The number of carbonyl (C=O) groups is 1. The van der Waals surface area contributed by atoms with Crippen LogP contribution in [0.3, 0.4) is 0 Å². The summed E-state index contributed by atoms with van der Waals surface area (Å²) in [5, 5.41) is 0. The minimum absolute atomic E-state index is 0.147. The molecule has 0 fully saturated rings. The number of hydrogen-bond donors (Lipinski definition) is 0. The Labute approximate surface area is 186 Å². The van der Waals surface area contributed by atoms with Gasteiger partial charge in [-0.1, -0.05) is 79.7 Å². The minimum atomic E-state index is -0.428. The van der Waals surface area contributed by atoms with E-state index in [0.717, 1.165) is 41.0 Å². The summed E-state index contributed by atoms with van der Waals surface area (Å²) >= 11 is 0. The van der Waals surface area contributed by atoms with Crippen molar-refractivity contribution >= 4 is 5.78 Å². The van der Waals surface area contributed by atoms with Gasteiger partial charge in [0.15, 0.2) is 5.78 Å². The van der Waals surface area contributed by atoms with Crippen molar-refractivity contribution in [1.29, 1.82) is 0 Å². The SMILES string of the molecule is Cc1cc(C(C)(CC(=O)c2ccccc2)c2ccccc2)ccc1OCCCN(C)C. The first kappa shape index (κ1) is 22.8. The second-order valence-corrected chi connectivity index (χ2v) is 8.65. The highest BCUT2D eigenvalue weighted by Crippen LogP contribution is 2.38. The third-order valence-electron chi connectivity index (χ3n) is 5.84. The monoisotopic (exact) mass is 415 g/mol. The number of carbonyl (C=O) groups excluding carboxylic acids is 1. The molecule has 3 aromatic carbocycles. The van der Waals surface area contributed by atoms with Crippen LogP contribution in [0.4, 0.5) is 0 Å². The molecule has 0 aliphatic rings. The predicted molar refractivity (Wildman–Crippen MR) is 128 cm³/mol. The van der Waals surface area contributed by atoms with Gasteiger partial charge in [-0.05, 0) is 50.2 Å². The second kappa shape index (κ2) is 10.4. The number of rotatable bonds is 10. The Balaban J connectivity index is 1.87. The van der Waals surface area contributed by atoms with Gasteiger partial charge in [0.25, 0.3) is 0 Å². The average molecular weight is 416 g/mol. The molecule has 3 aromatic rings. The summed E-state index contributed by atoms with van der Waals surface area (Å²) in [5.41, 5.74) is 3.68. The first-order chi connectivity index (χ1) is 14.9. The van der Waals surface area contributed by atoms with Crippen LogP contribution in [0.2, 0.25) is 0 Å². The molecule has 0 aliphatic heterocycles. The Kier molecular flexibility index (Phi) is 7.64. The lowest BCUT2D eigenvalue weighted by atomic mass is 9.72. The molecule has 3 nitrogen and oxygen atoms in total. The van der Waals surface area contributed by atoms with Gasteiger partial charge in [-0.3, -0.25) is 4.79 Å². The fraction of sp³-hybridized carbons (Fsp3) is 0.321. The largest absolute Gasteiger partial charge is 0.493 e. The summed E-state index contributed by atoms with van der Waals surface area (Å²) in [6, 6.07) is 26.2. The van der Waals surface area contributed by atoms with Gasteiger partial charge >= 0.3 is 0 Å². The van der Waals surface area contributed by atoms with Crippen LogP contribution >= 0.6 is 0 Å². The van der Waals surface area contributed by atoms with E-state index in [0.29, 0.717) is 13.0 Å². The normalized spacial score (nSPS) is 13.1. The number of hydrogen-bond acceptors (Lipinski definition) is 3. The van der Waals surface area contributed by atoms with E-state index in [2.05, 4.69) is 63.2 Å². The fourth-order valence-corrected chi connectivity index (χ4v) is 3.94. The molecule has 1 atom stereocenters. The third-order valence-corrected chi connectivity index (χ3v) is 5.84. The van der Waals surface area contributed by atoms with Gasteiger partial charge in [0, 0.05) is 23.9 Å². The van der Waals surface area contributed by atoms with Crippen LogP contribution in [0.25, 0.3) is 0 Å². The third kappa shape index (κ3) is 5.83. The van der Waals surface area contributed by atoms with E-state index in [-0.39, 0.29) is 5.78 Å². The second-order valence-electron chi connectivity index (χ2n) is 8.65. The maximum atomic E-state index is 13.2. The summed E-state index contributed by atoms with van der Waals surface area (Å²) in [7, 11) is 4.14. The molecule has 0 spiro atoms. The molecule has 0 amide bonds. The van der Waals surface area contributed by atoms with E-state index in [4.69, 9.17) is 4.74 Å². The predicted octanol–water partition coefficient (Wildman–Crippen LogP) is 5.90. The van der Waals surface area contributed by atoms with E-state index in [9.17, 15) is 4.79 Å². The lowest BCUT2D eigenvalue weighted by molar-refractivity contribution is 0.0962. The molecular weight excluding hydrogens is 382 g/mol. The van der Waals surface area contributed by atoms with E-state index in [1.54, 1.807) is 0 Å². The highest BCUT2D eigenvalue weighted by atomic mass is 16.5. The van der Waals surface area contributed by atoms with Crippen molar-refractivity contribution in [1.82, 2.24) is 4.90 Å². The van der Waals surface area contributed by atoms with Gasteiger partial charge in [0.2, 0.25) is 0 Å². The number of ketones is 1. The molecule has 0 radical (unpaired) electrons. The van der Waals surface area contributed by atoms with Gasteiger partial charge in [-0.25, -0.2) is 0 Å². The zero-order valence-electron chi connectivity index (χ0n) is 19.1. The van der Waals surface area contributed by atoms with Gasteiger partial charge in [0.1, 0.15) is 5.75 Å². The highest BCUT2D eigenvalue weighted by molar-refractivity contribution is 5.97. The summed E-state index contributed by atoms with van der Waals surface area (Å²) in [4.78, 5) is 15.3. The van der Waals surface area contributed by atoms with Crippen LogP contribution < -0.4 is 4.74 Å². The lowest BCUT2D eigenvalue weighted by Crippen LogP contribution is -2.27. The molecule has 0 bridgehead atoms. The zero-order valence-corrected chi connectivity index (χ0v) is 19.1. The minimum Gasteiger partial charge on any atom is -0.493 e. The summed E-state index contributed by atoms with van der Waals surface area (Å²) in [5.74, 6) is 1.06. The topological polar surface area (TPSA) is 29.5 Å². The highest BCUT2D eigenvalue weighted by Gasteiger charge is 2.32. The Bertz CT molecular complexity index is 982. The van der Waals surface area contributed by atoms with Gasteiger partial charge < -0.3 is 9.64 Å². The first-order valence-electron chi connectivity index (χ1n) is 10.9. The molecule has 0 saturated carbocycles. The maximum Gasteiger partial charge on any atom is 0.164 e. The van der Waals surface area contributed by atoms with Crippen LogP contribution in [0.15, 0.2) is 78.9 Å². The number of nitrogens with zero attached hydrogens (tertiary/aromatic N) is 1. The quantitative estimate of drug-likeness (QED) is 0.305. The number of benzene rings is 3. The Hall–Kier alpha value is -2.91. The van der Waals surface area contributed by atoms with Crippen LogP contribution in [-0.2, 0) is 5.41 Å². The van der Waals surface area contributed by atoms with Crippen molar-refractivity contribution < 1.29 is 9.53 Å². The summed E-state index contributed by atoms with van der Waals surface area (Å²) in [6.45, 7) is 5.94. The smallest absolute Gasteiger partial charge is 0.164 e. The van der Waals surface area contributed by atoms with Gasteiger partial charge in [-0.15, -0.1) is 0 Å². The number of Topliss-reactive ketones (excluding diaryl/α,β-unsaturated/α-hetero) is 1. The van der Waals surface area contributed by atoms with Crippen LogP contribution in [0.1, 0.15) is 46.8 Å². The number of aryl methyl sites for hydroxylation is 1. The Morgan fingerprint density at radius 1 is 0.903 bits per heavy atom. The van der Waals surface area contributed by atoms with Gasteiger partial charge in [-0.2, -0.15) is 0 Å². The van der Waals surface area contributed by atoms with Crippen molar-refractivity contribution in [3.63, 3.8) is 0 Å². The van der Waals surface area contributed by atoms with Crippen LogP contribution in [0, 0.1) is 6.92 Å². The number of ether oxygens (including phenoxy) is 1. The van der Waals surface area contributed by atoms with Gasteiger partial charge in [0.05, 0.1) is 6.61 Å². The summed E-state index contributed by atoms with van der Waals surface area (Å²) in [6.07, 6.45) is 1.39. The average Bonchev–Trinajstić information content (AvgIpc) is 2.78. The Morgan fingerprint density at radius 2 is 1.55 bits per heavy atom. The Morgan fingerprint density at radius 3 is 2.16 bits per heavy atom. The fourth-order valence-electron chi connectivity index (χ4n) is 3.94. The molecular formula is C28H33NO2. The summed E-state index contributed by atoms with van der Waals surface area (Å²) < 4.78 is 6.02. The first-order valence-corrected chi connectivity index (χ1v) is 10.9. The molecule has 0 saturated heterocycles. The molecule has 1 unspecified atom stereocenters. The van der Waals surface area contributed by atoms with Crippen molar-refractivity contribution in [2.75, 3.05) is 27.2 Å². The van der Waals surface area contributed by atoms with E-state index in [1.165, 1.54) is 0 Å². The molecule has 162 valence electrons. The zero-order chi connectivity index (χ0) is 22.3. The van der Waals surface area contributed by atoms with E-state index < -0.39 is 5.41 Å². The lowest BCUT2D eigenvalue weighted by Gasteiger charge is -2.31. The van der Waals surface area contributed by atoms with E-state index in [1.807, 2.05) is 48.5 Å².